The van der Waals surface area contributed by atoms with E-state index in [1.54, 1.807) is 62.6 Å². The number of carbonyl (C=O) groups is 3. The Morgan fingerprint density at radius 3 is 2.29 bits per heavy atom. The average Bonchev–Trinajstić information content (AvgIpc) is 2.93. The van der Waals surface area contributed by atoms with Gasteiger partial charge in [0.15, 0.2) is 6.10 Å². The van der Waals surface area contributed by atoms with Gasteiger partial charge in [-0.3, -0.25) is 15.0 Å². The van der Waals surface area contributed by atoms with E-state index in [1.807, 2.05) is 6.07 Å². The number of hydrogen-bond donors (Lipinski definition) is 2. The first-order chi connectivity index (χ1) is 13.3. The molecule has 2 atom stereocenters. The maximum absolute atomic E-state index is 12.8. The molecular weight excluding hydrogens is 362 g/mol. The Labute approximate surface area is 162 Å². The van der Waals surface area contributed by atoms with Gasteiger partial charge in [-0.2, -0.15) is 5.01 Å². The summed E-state index contributed by atoms with van der Waals surface area (Å²) < 4.78 is 10.6. The van der Waals surface area contributed by atoms with Gasteiger partial charge in [-0.1, -0.05) is 30.3 Å². The Kier molecular flexibility index (Phi) is 5.21. The molecule has 0 aliphatic carbocycles. The average molecular weight is 383 g/mol. The zero-order valence-electron chi connectivity index (χ0n) is 15.8. The second kappa shape index (κ2) is 7.59. The van der Waals surface area contributed by atoms with Crippen LogP contribution in [0.1, 0.15) is 19.4 Å². The highest BCUT2D eigenvalue weighted by atomic mass is 16.5. The van der Waals surface area contributed by atoms with Crippen LogP contribution in [0, 0.1) is 0 Å². The van der Waals surface area contributed by atoms with Crippen LogP contribution in [-0.4, -0.2) is 36.1 Å². The first-order valence-corrected chi connectivity index (χ1v) is 8.68. The SMILES string of the molecule is COc1ccc(OC(C)C(=O)NN2C(=O)NC(C)(c3ccccc3)C2=O)cc1. The van der Waals surface area contributed by atoms with Gasteiger partial charge in [0.1, 0.15) is 17.0 Å². The third-order valence-electron chi connectivity index (χ3n) is 4.51. The molecule has 0 spiro atoms. The molecule has 0 radical (unpaired) electrons. The van der Waals surface area contributed by atoms with Gasteiger partial charge in [-0.25, -0.2) is 4.79 Å². The van der Waals surface area contributed by atoms with Gasteiger partial charge in [0.2, 0.25) is 0 Å². The Morgan fingerprint density at radius 2 is 1.68 bits per heavy atom. The number of benzene rings is 2. The van der Waals surface area contributed by atoms with E-state index in [0.29, 0.717) is 22.1 Å². The van der Waals surface area contributed by atoms with Crippen molar-refractivity contribution in [3.63, 3.8) is 0 Å². The van der Waals surface area contributed by atoms with Crippen molar-refractivity contribution in [1.82, 2.24) is 15.8 Å². The molecule has 2 N–H and O–H groups in total. The molecule has 8 nitrogen and oxygen atoms in total. The predicted octanol–water partition coefficient (Wildman–Crippen LogP) is 1.96. The number of imide groups is 1. The molecule has 8 heteroatoms. The molecule has 2 aromatic carbocycles. The second-order valence-electron chi connectivity index (χ2n) is 6.47. The van der Waals surface area contributed by atoms with Gasteiger partial charge in [0.25, 0.3) is 11.8 Å². The maximum atomic E-state index is 12.8. The maximum Gasteiger partial charge on any atom is 0.344 e. The van der Waals surface area contributed by atoms with Crippen LogP contribution in [0.3, 0.4) is 0 Å². The lowest BCUT2D eigenvalue weighted by Crippen LogP contribution is -2.51. The van der Waals surface area contributed by atoms with Gasteiger partial charge in [0.05, 0.1) is 7.11 Å². The summed E-state index contributed by atoms with van der Waals surface area (Å²) in [4.78, 5) is 37.5. The molecule has 2 unspecified atom stereocenters. The zero-order valence-corrected chi connectivity index (χ0v) is 15.8. The quantitative estimate of drug-likeness (QED) is 0.744. The van der Waals surface area contributed by atoms with Crippen LogP contribution in [0.2, 0.25) is 0 Å². The normalized spacial score (nSPS) is 19.8. The Morgan fingerprint density at radius 1 is 1.07 bits per heavy atom. The minimum absolute atomic E-state index is 0.453. The van der Waals surface area contributed by atoms with E-state index in [2.05, 4.69) is 10.7 Å². The number of hydrazine groups is 1. The molecule has 1 saturated heterocycles. The van der Waals surface area contributed by atoms with E-state index in [9.17, 15) is 14.4 Å². The largest absolute Gasteiger partial charge is 0.497 e. The van der Waals surface area contributed by atoms with Crippen molar-refractivity contribution in [2.75, 3.05) is 7.11 Å². The monoisotopic (exact) mass is 383 g/mol. The van der Waals surface area contributed by atoms with E-state index >= 15 is 0 Å². The van der Waals surface area contributed by atoms with Crippen molar-refractivity contribution in [3.05, 3.63) is 60.2 Å². The summed E-state index contributed by atoms with van der Waals surface area (Å²) in [5.41, 5.74) is 1.69. The van der Waals surface area contributed by atoms with Gasteiger partial charge < -0.3 is 14.8 Å². The first kappa shape index (κ1) is 19.2. The number of carbonyl (C=O) groups excluding carboxylic acids is 3. The fourth-order valence-electron chi connectivity index (χ4n) is 2.82. The van der Waals surface area contributed by atoms with Crippen molar-refractivity contribution in [2.24, 2.45) is 0 Å². The van der Waals surface area contributed by atoms with Crippen LogP contribution in [0.15, 0.2) is 54.6 Å². The lowest BCUT2D eigenvalue weighted by molar-refractivity contribution is -0.141. The molecule has 4 amide bonds. The highest BCUT2D eigenvalue weighted by Gasteiger charge is 2.50. The molecule has 0 bridgehead atoms. The molecule has 146 valence electrons. The lowest BCUT2D eigenvalue weighted by Gasteiger charge is -2.22. The van der Waals surface area contributed by atoms with E-state index in [-0.39, 0.29) is 0 Å². The molecule has 1 fully saturated rings. The Balaban J connectivity index is 1.67. The summed E-state index contributed by atoms with van der Waals surface area (Å²) in [6.07, 6.45) is -0.933. The molecule has 1 aliphatic rings. The standard InChI is InChI=1S/C20H21N3O5/c1-13(28-16-11-9-15(27-3)10-12-16)17(24)22-23-18(25)20(2,21-19(23)26)14-7-5-4-6-8-14/h4-13H,1-3H3,(H,21,26)(H,22,24). The summed E-state index contributed by atoms with van der Waals surface area (Å²) in [6.45, 7) is 3.11. The van der Waals surface area contributed by atoms with E-state index < -0.39 is 29.5 Å². The van der Waals surface area contributed by atoms with Gasteiger partial charge in [-0.05, 0) is 43.7 Å². The summed E-state index contributed by atoms with van der Waals surface area (Å²) in [5.74, 6) is -0.0934. The first-order valence-electron chi connectivity index (χ1n) is 8.68. The number of nitrogens with one attached hydrogen (secondary N) is 2. The predicted molar refractivity (Wildman–Crippen MR) is 100 cm³/mol. The highest BCUT2D eigenvalue weighted by molar-refractivity contribution is 6.08. The number of nitrogens with zero attached hydrogens (tertiary/aromatic N) is 1. The van der Waals surface area contributed by atoms with E-state index in [4.69, 9.17) is 9.47 Å². The molecule has 3 rings (SSSR count). The van der Waals surface area contributed by atoms with Crippen molar-refractivity contribution < 1.29 is 23.9 Å². The highest BCUT2D eigenvalue weighted by Crippen LogP contribution is 2.27. The fraction of sp³-hybridized carbons (Fsp3) is 0.250. The van der Waals surface area contributed by atoms with Crippen LogP contribution in [0.4, 0.5) is 4.79 Å². The van der Waals surface area contributed by atoms with Crippen molar-refractivity contribution in [2.45, 2.75) is 25.5 Å². The summed E-state index contributed by atoms with van der Waals surface area (Å²) in [7, 11) is 1.55. The van der Waals surface area contributed by atoms with Crippen LogP contribution in [-0.2, 0) is 15.1 Å². The lowest BCUT2D eigenvalue weighted by atomic mass is 9.92. The number of hydrogen-bond acceptors (Lipinski definition) is 5. The van der Waals surface area contributed by atoms with Crippen molar-refractivity contribution in [3.8, 4) is 11.5 Å². The van der Waals surface area contributed by atoms with Gasteiger partial charge >= 0.3 is 6.03 Å². The van der Waals surface area contributed by atoms with Crippen molar-refractivity contribution in [1.29, 1.82) is 0 Å². The number of ether oxygens (including phenoxy) is 2. The minimum atomic E-state index is -1.26. The van der Waals surface area contributed by atoms with Crippen molar-refractivity contribution >= 4 is 17.8 Å². The second-order valence-corrected chi connectivity index (χ2v) is 6.47. The van der Waals surface area contributed by atoms with Crippen LogP contribution >= 0.6 is 0 Å². The number of urea groups is 1. The molecule has 0 saturated carbocycles. The van der Waals surface area contributed by atoms with Crippen LogP contribution < -0.4 is 20.2 Å². The van der Waals surface area contributed by atoms with Gasteiger partial charge in [-0.15, -0.1) is 0 Å². The van der Waals surface area contributed by atoms with E-state index in [0.717, 1.165) is 0 Å². The third kappa shape index (κ3) is 3.62. The Hall–Kier alpha value is -3.55. The molecule has 1 aliphatic heterocycles. The summed E-state index contributed by atoms with van der Waals surface area (Å²) >= 11 is 0. The van der Waals surface area contributed by atoms with E-state index in [1.165, 1.54) is 6.92 Å². The molecule has 28 heavy (non-hydrogen) atoms. The van der Waals surface area contributed by atoms with Crippen LogP contribution in [0.5, 0.6) is 11.5 Å². The number of amides is 4. The molecule has 2 aromatic rings. The van der Waals surface area contributed by atoms with Gasteiger partial charge in [0, 0.05) is 0 Å². The molecule has 0 aromatic heterocycles. The summed E-state index contributed by atoms with van der Waals surface area (Å²) in [5, 5.41) is 3.30. The zero-order chi connectivity index (χ0) is 20.3. The number of rotatable bonds is 6. The fourth-order valence-corrected chi connectivity index (χ4v) is 2.82. The Bertz CT molecular complexity index is 884. The smallest absolute Gasteiger partial charge is 0.344 e. The molecule has 1 heterocycles. The topological polar surface area (TPSA) is 97.0 Å². The number of methoxy groups -OCH3 is 1. The third-order valence-corrected chi connectivity index (χ3v) is 4.51. The minimum Gasteiger partial charge on any atom is -0.497 e. The van der Waals surface area contributed by atoms with Crippen LogP contribution in [0.25, 0.3) is 0 Å². The summed E-state index contributed by atoms with van der Waals surface area (Å²) in [6, 6.07) is 14.8. The molecular formula is C20H21N3O5.